The topological polar surface area (TPSA) is 44.5 Å². The van der Waals surface area contributed by atoms with E-state index >= 15 is 0 Å². The maximum Gasteiger partial charge on any atom is 0.127 e. The Labute approximate surface area is 145 Å². The largest absolute Gasteiger partial charge is 0.494 e. The number of anilines is 1. The second-order valence-electron chi connectivity index (χ2n) is 6.11. The summed E-state index contributed by atoms with van der Waals surface area (Å²) < 4.78 is 11.5. The van der Waals surface area contributed by atoms with Crippen LogP contribution in [0.3, 0.4) is 0 Å². The molecule has 3 heteroatoms. The van der Waals surface area contributed by atoms with Crippen LogP contribution in [0.4, 0.5) is 5.69 Å². The molecule has 0 aliphatic rings. The Balaban J connectivity index is 1.64. The Bertz CT molecular complexity index is 563. The van der Waals surface area contributed by atoms with Crippen molar-refractivity contribution in [3.05, 3.63) is 48.5 Å². The summed E-state index contributed by atoms with van der Waals surface area (Å²) in [5, 5.41) is 0. The fourth-order valence-corrected chi connectivity index (χ4v) is 2.53. The summed E-state index contributed by atoms with van der Waals surface area (Å²) in [6, 6.07) is 15.1. The van der Waals surface area contributed by atoms with Gasteiger partial charge in [0.2, 0.25) is 0 Å². The number of benzene rings is 2. The van der Waals surface area contributed by atoms with Gasteiger partial charge >= 0.3 is 0 Å². The molecule has 2 aromatic carbocycles. The van der Waals surface area contributed by atoms with Gasteiger partial charge in [0.05, 0.1) is 6.61 Å². The quantitative estimate of drug-likeness (QED) is 0.395. The van der Waals surface area contributed by atoms with E-state index in [0.29, 0.717) is 0 Å². The fourth-order valence-electron chi connectivity index (χ4n) is 2.53. The molecule has 0 unspecified atom stereocenters. The van der Waals surface area contributed by atoms with Crippen LogP contribution in [-0.2, 0) is 0 Å². The predicted octanol–water partition coefficient (Wildman–Crippen LogP) is 6.19. The molecule has 24 heavy (non-hydrogen) atoms. The summed E-state index contributed by atoms with van der Waals surface area (Å²) in [6.45, 7) is 3.03. The number of rotatable bonds is 11. The molecule has 130 valence electrons. The van der Waals surface area contributed by atoms with Gasteiger partial charge in [0.1, 0.15) is 17.2 Å². The van der Waals surface area contributed by atoms with Gasteiger partial charge in [0.15, 0.2) is 0 Å². The molecule has 0 saturated heterocycles. The molecule has 0 aliphatic carbocycles. The van der Waals surface area contributed by atoms with Gasteiger partial charge in [-0.3, -0.25) is 0 Å². The molecule has 2 N–H and O–H groups in total. The van der Waals surface area contributed by atoms with E-state index in [1.165, 1.54) is 38.5 Å². The Morgan fingerprint density at radius 3 is 1.79 bits per heavy atom. The lowest BCUT2D eigenvalue weighted by atomic mass is 10.1. The van der Waals surface area contributed by atoms with Gasteiger partial charge in [-0.05, 0) is 55.0 Å². The van der Waals surface area contributed by atoms with Crippen molar-refractivity contribution in [1.29, 1.82) is 0 Å². The number of unbranched alkanes of at least 4 members (excludes halogenated alkanes) is 6. The molecule has 3 nitrogen and oxygen atoms in total. The van der Waals surface area contributed by atoms with E-state index in [9.17, 15) is 0 Å². The average Bonchev–Trinajstić information content (AvgIpc) is 2.61. The third kappa shape index (κ3) is 6.95. The first-order valence-corrected chi connectivity index (χ1v) is 9.04. The van der Waals surface area contributed by atoms with E-state index in [4.69, 9.17) is 15.2 Å². The fraction of sp³-hybridized carbons (Fsp3) is 0.429. The van der Waals surface area contributed by atoms with Gasteiger partial charge in [-0.15, -0.1) is 0 Å². The van der Waals surface area contributed by atoms with Crippen molar-refractivity contribution in [2.45, 2.75) is 51.9 Å². The predicted molar refractivity (Wildman–Crippen MR) is 101 cm³/mol. The molecule has 0 radical (unpaired) electrons. The minimum Gasteiger partial charge on any atom is -0.494 e. The van der Waals surface area contributed by atoms with Crippen LogP contribution in [-0.4, -0.2) is 6.61 Å². The van der Waals surface area contributed by atoms with Crippen LogP contribution in [0.25, 0.3) is 0 Å². The number of nitrogens with two attached hydrogens (primary N) is 1. The lowest BCUT2D eigenvalue weighted by Gasteiger charge is -2.09. The maximum absolute atomic E-state index is 5.78. The van der Waals surface area contributed by atoms with Crippen LogP contribution >= 0.6 is 0 Å². The van der Waals surface area contributed by atoms with Crippen molar-refractivity contribution in [2.75, 3.05) is 12.3 Å². The smallest absolute Gasteiger partial charge is 0.127 e. The van der Waals surface area contributed by atoms with Crippen molar-refractivity contribution >= 4 is 5.69 Å². The Hall–Kier alpha value is -2.16. The molecule has 0 aliphatic heterocycles. The van der Waals surface area contributed by atoms with Crippen molar-refractivity contribution < 1.29 is 9.47 Å². The molecule has 0 saturated carbocycles. The summed E-state index contributed by atoms with van der Waals surface area (Å²) in [4.78, 5) is 0. The molecule has 0 spiro atoms. The van der Waals surface area contributed by atoms with Crippen LogP contribution in [0, 0.1) is 0 Å². The van der Waals surface area contributed by atoms with Crippen LogP contribution in [0.1, 0.15) is 51.9 Å². The van der Waals surface area contributed by atoms with E-state index in [0.717, 1.165) is 36.0 Å². The Morgan fingerprint density at radius 2 is 1.17 bits per heavy atom. The third-order valence-electron chi connectivity index (χ3n) is 3.96. The highest BCUT2D eigenvalue weighted by Gasteiger charge is 1.99. The highest BCUT2D eigenvalue weighted by Crippen LogP contribution is 2.24. The molecular weight excluding hydrogens is 298 g/mol. The molecule has 0 bridgehead atoms. The third-order valence-corrected chi connectivity index (χ3v) is 3.96. The summed E-state index contributed by atoms with van der Waals surface area (Å²) >= 11 is 0. The van der Waals surface area contributed by atoms with E-state index in [1.807, 2.05) is 48.5 Å². The van der Waals surface area contributed by atoms with Gasteiger partial charge in [0.25, 0.3) is 0 Å². The number of hydrogen-bond donors (Lipinski definition) is 1. The van der Waals surface area contributed by atoms with Crippen LogP contribution in [0.2, 0.25) is 0 Å². The van der Waals surface area contributed by atoms with E-state index in [2.05, 4.69) is 6.92 Å². The number of ether oxygens (including phenoxy) is 2. The number of hydrogen-bond acceptors (Lipinski definition) is 3. The van der Waals surface area contributed by atoms with Crippen molar-refractivity contribution in [2.24, 2.45) is 0 Å². The van der Waals surface area contributed by atoms with Crippen molar-refractivity contribution in [1.82, 2.24) is 0 Å². The lowest BCUT2D eigenvalue weighted by Crippen LogP contribution is -1.97. The first-order valence-electron chi connectivity index (χ1n) is 9.04. The van der Waals surface area contributed by atoms with E-state index in [1.54, 1.807) is 0 Å². The molecule has 2 aromatic rings. The first kappa shape index (κ1) is 18.2. The van der Waals surface area contributed by atoms with Crippen molar-refractivity contribution in [3.63, 3.8) is 0 Å². The molecular formula is C21H29NO2. The van der Waals surface area contributed by atoms with Gasteiger partial charge < -0.3 is 15.2 Å². The van der Waals surface area contributed by atoms with Crippen LogP contribution in [0.15, 0.2) is 48.5 Å². The highest BCUT2D eigenvalue weighted by molar-refractivity contribution is 5.43. The zero-order chi connectivity index (χ0) is 17.0. The standard InChI is InChI=1S/C21H29NO2/c1-2-3-4-5-6-7-8-17-23-19-13-15-21(16-14-19)24-20-11-9-18(22)10-12-20/h9-16H,2-8,17,22H2,1H3. The first-order chi connectivity index (χ1) is 11.8. The Kier molecular flexibility index (Phi) is 8.02. The second kappa shape index (κ2) is 10.6. The summed E-state index contributed by atoms with van der Waals surface area (Å²) in [5.41, 5.74) is 6.40. The lowest BCUT2D eigenvalue weighted by molar-refractivity contribution is 0.304. The zero-order valence-corrected chi connectivity index (χ0v) is 14.7. The SMILES string of the molecule is CCCCCCCCCOc1ccc(Oc2ccc(N)cc2)cc1. The van der Waals surface area contributed by atoms with Crippen LogP contribution < -0.4 is 15.2 Å². The second-order valence-corrected chi connectivity index (χ2v) is 6.11. The van der Waals surface area contributed by atoms with E-state index < -0.39 is 0 Å². The zero-order valence-electron chi connectivity index (χ0n) is 14.7. The molecule has 0 heterocycles. The molecule has 0 fully saturated rings. The highest BCUT2D eigenvalue weighted by atomic mass is 16.5. The van der Waals surface area contributed by atoms with Gasteiger partial charge in [-0.2, -0.15) is 0 Å². The van der Waals surface area contributed by atoms with Gasteiger partial charge in [-0.1, -0.05) is 45.4 Å². The van der Waals surface area contributed by atoms with Crippen molar-refractivity contribution in [3.8, 4) is 17.2 Å². The summed E-state index contributed by atoms with van der Waals surface area (Å²) in [6.07, 6.45) is 9.08. The molecule has 0 aromatic heterocycles. The molecule has 0 amide bonds. The van der Waals surface area contributed by atoms with Gasteiger partial charge in [-0.25, -0.2) is 0 Å². The van der Waals surface area contributed by atoms with Gasteiger partial charge in [0, 0.05) is 5.69 Å². The number of nitrogen functional groups attached to an aromatic ring is 1. The Morgan fingerprint density at radius 1 is 0.667 bits per heavy atom. The van der Waals surface area contributed by atoms with Crippen LogP contribution in [0.5, 0.6) is 17.2 Å². The minimum atomic E-state index is 0.733. The molecule has 2 rings (SSSR count). The summed E-state index contributed by atoms with van der Waals surface area (Å²) in [7, 11) is 0. The minimum absolute atomic E-state index is 0.733. The maximum atomic E-state index is 5.78. The summed E-state index contributed by atoms with van der Waals surface area (Å²) in [5.74, 6) is 2.47. The average molecular weight is 327 g/mol. The molecule has 0 atom stereocenters. The normalized spacial score (nSPS) is 10.5. The van der Waals surface area contributed by atoms with E-state index in [-0.39, 0.29) is 0 Å². The monoisotopic (exact) mass is 327 g/mol.